The number of nitrogens with one attached hydrogen (secondary N) is 1. The average Bonchev–Trinajstić information content (AvgIpc) is 3.04. The van der Waals surface area contributed by atoms with Crippen LogP contribution in [0.2, 0.25) is 0 Å². The number of unbranched alkanes of at least 4 members (excludes halogenated alkanes) is 1. The first-order valence-corrected chi connectivity index (χ1v) is 9.98. The third-order valence-electron chi connectivity index (χ3n) is 4.49. The van der Waals surface area contributed by atoms with E-state index in [9.17, 15) is 9.59 Å². The lowest BCUT2D eigenvalue weighted by molar-refractivity contribution is -0.127. The molecule has 1 N–H and O–H groups in total. The largest absolute Gasteiger partial charge is 0.343 e. The van der Waals surface area contributed by atoms with E-state index < -0.39 is 0 Å². The van der Waals surface area contributed by atoms with Crippen LogP contribution in [0.3, 0.4) is 0 Å². The third-order valence-corrected chi connectivity index (χ3v) is 5.45. The van der Waals surface area contributed by atoms with Crippen molar-refractivity contribution in [2.24, 2.45) is 0 Å². The number of thioether (sulfide) groups is 1. The standard InChI is InChI=1S/C19H24N4O2S/c1-2-3-11-23-18(25)20-21-19(23)26-14-17(24)22-12-9-16(10-13-22)15-7-5-4-6-8-15/h4-9H,2-3,10-14H2,1H3,(H,20,25). The minimum Gasteiger partial charge on any atom is -0.338 e. The average molecular weight is 372 g/mol. The Morgan fingerprint density at radius 3 is 2.81 bits per heavy atom. The molecule has 1 aliphatic rings. The molecular formula is C19H24N4O2S. The van der Waals surface area contributed by atoms with Crippen molar-refractivity contribution in [3.8, 4) is 0 Å². The molecule has 0 bridgehead atoms. The molecule has 2 aromatic rings. The van der Waals surface area contributed by atoms with E-state index in [2.05, 4.69) is 35.3 Å². The van der Waals surface area contributed by atoms with Crippen LogP contribution in [0.25, 0.3) is 5.57 Å². The van der Waals surface area contributed by atoms with Gasteiger partial charge >= 0.3 is 5.69 Å². The van der Waals surface area contributed by atoms with Gasteiger partial charge < -0.3 is 4.90 Å². The number of H-pyrrole nitrogens is 1. The third kappa shape index (κ3) is 4.46. The molecule has 0 radical (unpaired) electrons. The van der Waals surface area contributed by atoms with Crippen molar-refractivity contribution in [3.63, 3.8) is 0 Å². The zero-order chi connectivity index (χ0) is 18.4. The van der Waals surface area contributed by atoms with Gasteiger partial charge in [0.25, 0.3) is 0 Å². The van der Waals surface area contributed by atoms with Crippen molar-refractivity contribution < 1.29 is 4.79 Å². The second-order valence-corrected chi connectivity index (χ2v) is 7.23. The van der Waals surface area contributed by atoms with E-state index in [4.69, 9.17) is 0 Å². The number of aromatic nitrogens is 3. The highest BCUT2D eigenvalue weighted by atomic mass is 32.2. The van der Waals surface area contributed by atoms with Gasteiger partial charge in [-0.05, 0) is 24.0 Å². The molecule has 0 spiro atoms. The van der Waals surface area contributed by atoms with E-state index in [1.807, 2.05) is 23.1 Å². The normalized spacial score (nSPS) is 14.3. The maximum absolute atomic E-state index is 12.5. The first kappa shape index (κ1) is 18.5. The molecule has 0 saturated heterocycles. The monoisotopic (exact) mass is 372 g/mol. The van der Waals surface area contributed by atoms with E-state index in [-0.39, 0.29) is 11.6 Å². The maximum atomic E-state index is 12.5. The van der Waals surface area contributed by atoms with Crippen molar-refractivity contribution >= 4 is 23.2 Å². The lowest BCUT2D eigenvalue weighted by atomic mass is 10.00. The van der Waals surface area contributed by atoms with E-state index >= 15 is 0 Å². The van der Waals surface area contributed by atoms with Crippen LogP contribution in [0.4, 0.5) is 0 Å². The molecule has 3 rings (SSSR count). The maximum Gasteiger partial charge on any atom is 0.343 e. The molecule has 1 amide bonds. The second-order valence-electron chi connectivity index (χ2n) is 6.29. The summed E-state index contributed by atoms with van der Waals surface area (Å²) in [4.78, 5) is 26.2. The first-order valence-electron chi connectivity index (χ1n) is 8.99. The second kappa shape index (κ2) is 8.89. The summed E-state index contributed by atoms with van der Waals surface area (Å²) >= 11 is 1.33. The zero-order valence-corrected chi connectivity index (χ0v) is 15.8. The summed E-state index contributed by atoms with van der Waals surface area (Å²) in [5.41, 5.74) is 2.32. The van der Waals surface area contributed by atoms with Gasteiger partial charge in [-0.15, -0.1) is 5.10 Å². The Balaban J connectivity index is 1.55. The van der Waals surface area contributed by atoms with Gasteiger partial charge in [-0.1, -0.05) is 61.5 Å². The minimum atomic E-state index is -0.207. The highest BCUT2D eigenvalue weighted by molar-refractivity contribution is 7.99. The van der Waals surface area contributed by atoms with Gasteiger partial charge in [0.1, 0.15) is 0 Å². The van der Waals surface area contributed by atoms with E-state index in [1.54, 1.807) is 4.57 Å². The summed E-state index contributed by atoms with van der Waals surface area (Å²) in [6.07, 6.45) is 4.92. The number of benzene rings is 1. The van der Waals surface area contributed by atoms with Gasteiger partial charge in [-0.3, -0.25) is 9.36 Å². The molecule has 0 unspecified atom stereocenters. The fraction of sp³-hybridized carbons (Fsp3) is 0.421. The van der Waals surface area contributed by atoms with Crippen LogP contribution in [0.1, 0.15) is 31.7 Å². The van der Waals surface area contributed by atoms with Crippen molar-refractivity contribution in [2.45, 2.75) is 37.9 Å². The Morgan fingerprint density at radius 1 is 1.31 bits per heavy atom. The van der Waals surface area contributed by atoms with Crippen LogP contribution in [-0.4, -0.2) is 44.4 Å². The van der Waals surface area contributed by atoms with Crippen LogP contribution in [-0.2, 0) is 11.3 Å². The molecule has 2 heterocycles. The molecular weight excluding hydrogens is 348 g/mol. The van der Waals surface area contributed by atoms with Crippen LogP contribution in [0.15, 0.2) is 46.4 Å². The molecule has 7 heteroatoms. The fourth-order valence-corrected chi connectivity index (χ4v) is 3.83. The number of carbonyl (C=O) groups is 1. The summed E-state index contributed by atoms with van der Waals surface area (Å²) in [5, 5.41) is 7.11. The molecule has 0 fully saturated rings. The topological polar surface area (TPSA) is 71.0 Å². The van der Waals surface area contributed by atoms with Gasteiger partial charge in [-0.25, -0.2) is 9.89 Å². The highest BCUT2D eigenvalue weighted by Crippen LogP contribution is 2.23. The minimum absolute atomic E-state index is 0.0795. The van der Waals surface area contributed by atoms with E-state index in [1.165, 1.54) is 22.9 Å². The molecule has 26 heavy (non-hydrogen) atoms. The molecule has 1 aromatic heterocycles. The highest BCUT2D eigenvalue weighted by Gasteiger charge is 2.19. The Kier molecular flexibility index (Phi) is 6.33. The van der Waals surface area contributed by atoms with Crippen molar-refractivity contribution in [1.29, 1.82) is 0 Å². The smallest absolute Gasteiger partial charge is 0.338 e. The number of hydrogen-bond acceptors (Lipinski definition) is 4. The predicted molar refractivity (Wildman–Crippen MR) is 104 cm³/mol. The van der Waals surface area contributed by atoms with E-state index in [0.717, 1.165) is 25.8 Å². The SMILES string of the molecule is CCCCn1c(SCC(=O)N2CC=C(c3ccccc3)CC2)n[nH]c1=O. The fourth-order valence-electron chi connectivity index (χ4n) is 2.95. The lowest BCUT2D eigenvalue weighted by Gasteiger charge is -2.26. The van der Waals surface area contributed by atoms with Gasteiger partial charge in [0.05, 0.1) is 5.75 Å². The summed E-state index contributed by atoms with van der Waals surface area (Å²) < 4.78 is 1.62. The molecule has 1 aliphatic heterocycles. The first-order chi connectivity index (χ1) is 12.7. The Bertz CT molecular complexity index is 826. The Labute approximate surface area is 157 Å². The lowest BCUT2D eigenvalue weighted by Crippen LogP contribution is -2.36. The quantitative estimate of drug-likeness (QED) is 0.759. The van der Waals surface area contributed by atoms with Crippen LogP contribution < -0.4 is 5.69 Å². The number of carbonyl (C=O) groups excluding carboxylic acids is 1. The van der Waals surface area contributed by atoms with Gasteiger partial charge in [0.2, 0.25) is 5.91 Å². The molecule has 0 atom stereocenters. The molecule has 138 valence electrons. The molecule has 0 aliphatic carbocycles. The van der Waals surface area contributed by atoms with E-state index in [0.29, 0.717) is 24.0 Å². The number of rotatable bonds is 7. The summed E-state index contributed by atoms with van der Waals surface area (Å²) in [5.74, 6) is 0.376. The van der Waals surface area contributed by atoms with Crippen LogP contribution in [0, 0.1) is 0 Å². The molecule has 0 saturated carbocycles. The Morgan fingerprint density at radius 2 is 2.12 bits per heavy atom. The van der Waals surface area contributed by atoms with Crippen LogP contribution in [0.5, 0.6) is 0 Å². The molecule has 1 aromatic carbocycles. The summed E-state index contributed by atoms with van der Waals surface area (Å²) in [6, 6.07) is 10.3. The van der Waals surface area contributed by atoms with Crippen LogP contribution >= 0.6 is 11.8 Å². The van der Waals surface area contributed by atoms with Gasteiger partial charge in [0.15, 0.2) is 5.16 Å². The summed E-state index contributed by atoms with van der Waals surface area (Å²) in [6.45, 7) is 4.07. The summed E-state index contributed by atoms with van der Waals surface area (Å²) in [7, 11) is 0. The van der Waals surface area contributed by atoms with Crippen molar-refractivity contribution in [1.82, 2.24) is 19.7 Å². The van der Waals surface area contributed by atoms with Crippen molar-refractivity contribution in [2.75, 3.05) is 18.8 Å². The Hall–Kier alpha value is -2.28. The van der Waals surface area contributed by atoms with Gasteiger partial charge in [0, 0.05) is 19.6 Å². The zero-order valence-electron chi connectivity index (χ0n) is 15.0. The number of aromatic amines is 1. The molecule has 6 nitrogen and oxygen atoms in total. The number of amides is 1. The number of hydrogen-bond donors (Lipinski definition) is 1. The van der Waals surface area contributed by atoms with Gasteiger partial charge in [-0.2, -0.15) is 0 Å². The predicted octanol–water partition coefficient (Wildman–Crippen LogP) is 2.78. The van der Waals surface area contributed by atoms with Crippen molar-refractivity contribution in [3.05, 3.63) is 52.5 Å². The number of nitrogens with zero attached hydrogens (tertiary/aromatic N) is 3.